The molecule has 0 aliphatic rings. The number of aromatic nitrogens is 1. The van der Waals surface area contributed by atoms with Crippen LogP contribution < -0.4 is 0 Å². The van der Waals surface area contributed by atoms with E-state index < -0.39 is 9.84 Å². The van der Waals surface area contributed by atoms with Crippen molar-refractivity contribution in [2.75, 3.05) is 0 Å². The van der Waals surface area contributed by atoms with Crippen molar-refractivity contribution in [1.29, 1.82) is 5.26 Å². The summed E-state index contributed by atoms with van der Waals surface area (Å²) in [6.07, 6.45) is 1.20. The molecule has 2 aromatic carbocycles. The Morgan fingerprint density at radius 1 is 1.09 bits per heavy atom. The van der Waals surface area contributed by atoms with Gasteiger partial charge in [-0.2, -0.15) is 5.26 Å². The molecule has 0 bridgehead atoms. The van der Waals surface area contributed by atoms with Crippen LogP contribution in [0.5, 0.6) is 0 Å². The van der Waals surface area contributed by atoms with Crippen LogP contribution in [0.15, 0.2) is 58.5 Å². The molecule has 7 heteroatoms. The second-order valence-electron chi connectivity index (χ2n) is 4.74. The molecule has 1 aromatic heterocycles. The van der Waals surface area contributed by atoms with Crippen LogP contribution >= 0.6 is 23.2 Å². The van der Waals surface area contributed by atoms with Gasteiger partial charge in [0.15, 0.2) is 0 Å². The first-order chi connectivity index (χ1) is 10.9. The van der Waals surface area contributed by atoms with E-state index in [0.717, 1.165) is 0 Å². The number of benzene rings is 2. The largest absolute Gasteiger partial charge is 0.255 e. The van der Waals surface area contributed by atoms with Crippen molar-refractivity contribution in [2.45, 2.75) is 9.79 Å². The fraction of sp³-hybridized carbons (Fsp3) is 0. The summed E-state index contributed by atoms with van der Waals surface area (Å²) in [6.45, 7) is 0. The molecule has 4 nitrogen and oxygen atoms in total. The number of rotatable bonds is 2. The van der Waals surface area contributed by atoms with E-state index in [9.17, 15) is 8.42 Å². The van der Waals surface area contributed by atoms with Crippen LogP contribution in [0.25, 0.3) is 10.9 Å². The third-order valence-corrected chi connectivity index (χ3v) is 5.81. The minimum Gasteiger partial charge on any atom is -0.255 e. The molecule has 0 radical (unpaired) electrons. The second-order valence-corrected chi connectivity index (χ2v) is 7.47. The van der Waals surface area contributed by atoms with Gasteiger partial charge in [0.05, 0.1) is 27.1 Å². The molecule has 0 saturated heterocycles. The molecule has 0 spiro atoms. The first kappa shape index (κ1) is 15.8. The lowest BCUT2D eigenvalue weighted by Gasteiger charge is -2.09. The van der Waals surface area contributed by atoms with E-state index in [0.29, 0.717) is 15.9 Å². The van der Waals surface area contributed by atoms with Gasteiger partial charge < -0.3 is 0 Å². The summed E-state index contributed by atoms with van der Waals surface area (Å²) >= 11 is 12.2. The van der Waals surface area contributed by atoms with Gasteiger partial charge in [0.2, 0.25) is 9.84 Å². The first-order valence-electron chi connectivity index (χ1n) is 6.42. The Bertz CT molecular complexity index is 1070. The summed E-state index contributed by atoms with van der Waals surface area (Å²) < 4.78 is 25.5. The Labute approximate surface area is 142 Å². The van der Waals surface area contributed by atoms with Gasteiger partial charge in [-0.25, -0.2) is 8.42 Å². The van der Waals surface area contributed by atoms with Crippen LogP contribution in [0.2, 0.25) is 10.0 Å². The van der Waals surface area contributed by atoms with Crippen LogP contribution in [0.1, 0.15) is 5.56 Å². The zero-order valence-electron chi connectivity index (χ0n) is 11.5. The quantitative estimate of drug-likeness (QED) is 0.683. The van der Waals surface area contributed by atoms with E-state index in [1.165, 1.54) is 30.5 Å². The molecule has 1 heterocycles. The molecule has 0 amide bonds. The molecular formula is C16H8Cl2N2O2S. The van der Waals surface area contributed by atoms with Gasteiger partial charge in [0, 0.05) is 16.6 Å². The fourth-order valence-electron chi connectivity index (χ4n) is 2.16. The molecule has 0 atom stereocenters. The number of halogens is 2. The zero-order valence-corrected chi connectivity index (χ0v) is 13.8. The van der Waals surface area contributed by atoms with E-state index in [4.69, 9.17) is 28.5 Å². The summed E-state index contributed by atoms with van der Waals surface area (Å²) in [5, 5.41) is 9.98. The Morgan fingerprint density at radius 3 is 2.61 bits per heavy atom. The highest BCUT2D eigenvalue weighted by Gasteiger charge is 2.23. The highest BCUT2D eigenvalue weighted by molar-refractivity contribution is 7.91. The third kappa shape index (κ3) is 2.77. The molecule has 0 N–H and O–H groups in total. The molecule has 0 unspecified atom stereocenters. The van der Waals surface area contributed by atoms with Gasteiger partial charge >= 0.3 is 0 Å². The number of fused-ring (bicyclic) bond motifs is 1. The summed E-state index contributed by atoms with van der Waals surface area (Å²) in [4.78, 5) is 4.01. The van der Waals surface area contributed by atoms with Crippen LogP contribution in [-0.2, 0) is 9.84 Å². The van der Waals surface area contributed by atoms with Crippen LogP contribution in [0.4, 0.5) is 0 Å². The minimum absolute atomic E-state index is 0.00596. The Morgan fingerprint density at radius 2 is 1.87 bits per heavy atom. The molecule has 114 valence electrons. The Balaban J connectivity index is 2.24. The van der Waals surface area contributed by atoms with Crippen LogP contribution in [-0.4, -0.2) is 13.4 Å². The molecule has 0 saturated carbocycles. The summed E-state index contributed by atoms with van der Waals surface area (Å²) in [7, 11) is -3.88. The monoisotopic (exact) mass is 362 g/mol. The topological polar surface area (TPSA) is 70.8 Å². The van der Waals surface area contributed by atoms with E-state index in [2.05, 4.69) is 4.98 Å². The van der Waals surface area contributed by atoms with Crippen molar-refractivity contribution in [2.24, 2.45) is 0 Å². The zero-order chi connectivity index (χ0) is 16.6. The molecule has 0 aliphatic carbocycles. The summed E-state index contributed by atoms with van der Waals surface area (Å²) in [5.41, 5.74) is 0.759. The number of sulfone groups is 1. The maximum Gasteiger partial charge on any atom is 0.209 e. The van der Waals surface area contributed by atoms with E-state index in [1.54, 1.807) is 18.2 Å². The highest BCUT2D eigenvalue weighted by Crippen LogP contribution is 2.33. The van der Waals surface area contributed by atoms with E-state index in [1.807, 2.05) is 6.07 Å². The van der Waals surface area contributed by atoms with Gasteiger partial charge in [-0.1, -0.05) is 29.3 Å². The van der Waals surface area contributed by atoms with Gasteiger partial charge in [-0.3, -0.25) is 4.98 Å². The lowest BCUT2D eigenvalue weighted by molar-refractivity contribution is 0.596. The number of hydrogen-bond acceptors (Lipinski definition) is 4. The normalized spacial score (nSPS) is 11.3. The Hall–Kier alpha value is -2.13. The molecule has 3 rings (SSSR count). The van der Waals surface area contributed by atoms with Crippen molar-refractivity contribution in [3.05, 3.63) is 64.3 Å². The number of pyridine rings is 1. The molecule has 0 aliphatic heterocycles. The minimum atomic E-state index is -3.88. The molecule has 3 aromatic rings. The Kier molecular flexibility index (Phi) is 3.99. The highest BCUT2D eigenvalue weighted by atomic mass is 35.5. The third-order valence-electron chi connectivity index (χ3n) is 3.30. The average molecular weight is 363 g/mol. The van der Waals surface area contributed by atoms with Crippen molar-refractivity contribution in [1.82, 2.24) is 4.98 Å². The standard InChI is InChI=1S/C16H8Cl2N2O2S/c17-11-4-5-13-14(7-11)20-9-15(16(13)18)23(21,22)12-3-1-2-10(6-12)8-19/h1-7,9H. The van der Waals surface area contributed by atoms with Crippen molar-refractivity contribution < 1.29 is 8.42 Å². The fourth-order valence-corrected chi connectivity index (χ4v) is 4.17. The molecule has 23 heavy (non-hydrogen) atoms. The second kappa shape index (κ2) is 5.82. The molecular weight excluding hydrogens is 355 g/mol. The maximum absolute atomic E-state index is 12.8. The van der Waals surface area contributed by atoms with Crippen molar-refractivity contribution in [3.8, 4) is 6.07 Å². The average Bonchev–Trinajstić information content (AvgIpc) is 2.54. The number of nitrogens with zero attached hydrogens (tertiary/aromatic N) is 2. The van der Waals surface area contributed by atoms with Crippen molar-refractivity contribution in [3.63, 3.8) is 0 Å². The van der Waals surface area contributed by atoms with Gasteiger partial charge in [0.1, 0.15) is 4.90 Å². The van der Waals surface area contributed by atoms with Crippen LogP contribution in [0, 0.1) is 11.3 Å². The van der Waals surface area contributed by atoms with E-state index in [-0.39, 0.29) is 20.4 Å². The van der Waals surface area contributed by atoms with Crippen LogP contribution in [0.3, 0.4) is 0 Å². The summed E-state index contributed by atoms with van der Waals surface area (Å²) in [6, 6.07) is 12.5. The lowest BCUT2D eigenvalue weighted by atomic mass is 10.2. The lowest BCUT2D eigenvalue weighted by Crippen LogP contribution is -2.04. The molecule has 0 fully saturated rings. The van der Waals surface area contributed by atoms with Gasteiger partial charge in [-0.05, 0) is 36.4 Å². The van der Waals surface area contributed by atoms with Gasteiger partial charge in [-0.15, -0.1) is 0 Å². The predicted octanol–water partition coefficient (Wildman–Crippen LogP) is 4.25. The number of nitriles is 1. The SMILES string of the molecule is N#Cc1cccc(S(=O)(=O)c2cnc3cc(Cl)ccc3c2Cl)c1. The van der Waals surface area contributed by atoms with Crippen molar-refractivity contribution >= 4 is 43.9 Å². The maximum atomic E-state index is 12.8. The van der Waals surface area contributed by atoms with E-state index >= 15 is 0 Å². The summed E-state index contributed by atoms with van der Waals surface area (Å²) in [5.74, 6) is 0. The first-order valence-corrected chi connectivity index (χ1v) is 8.66. The predicted molar refractivity (Wildman–Crippen MR) is 88.4 cm³/mol. The smallest absolute Gasteiger partial charge is 0.209 e. The number of hydrogen-bond donors (Lipinski definition) is 0. The van der Waals surface area contributed by atoms with Gasteiger partial charge in [0.25, 0.3) is 0 Å².